The molecular formula is C18H20N2O3S2. The second-order valence-corrected chi connectivity index (χ2v) is 8.57. The maximum absolute atomic E-state index is 12.8. The molecule has 1 aliphatic rings. The lowest BCUT2D eigenvalue weighted by Gasteiger charge is -2.23. The Labute approximate surface area is 152 Å². The van der Waals surface area contributed by atoms with Crippen LogP contribution in [0.5, 0.6) is 0 Å². The molecule has 0 spiro atoms. The molecule has 0 aliphatic carbocycles. The minimum absolute atomic E-state index is 0.221. The fourth-order valence-corrected chi connectivity index (χ4v) is 5.00. The van der Waals surface area contributed by atoms with Crippen molar-refractivity contribution in [1.29, 1.82) is 0 Å². The van der Waals surface area contributed by atoms with E-state index in [4.69, 9.17) is 0 Å². The lowest BCUT2D eigenvalue weighted by molar-refractivity contribution is -0.119. The van der Waals surface area contributed by atoms with E-state index in [1.54, 1.807) is 42.1 Å². The van der Waals surface area contributed by atoms with E-state index in [-0.39, 0.29) is 10.8 Å². The maximum atomic E-state index is 12.8. The highest BCUT2D eigenvalue weighted by Crippen LogP contribution is 2.27. The first-order chi connectivity index (χ1) is 12.0. The van der Waals surface area contributed by atoms with Gasteiger partial charge in [0.15, 0.2) is 0 Å². The molecule has 0 unspecified atom stereocenters. The van der Waals surface area contributed by atoms with Gasteiger partial charge in [-0.25, -0.2) is 8.42 Å². The Hall–Kier alpha value is -1.83. The summed E-state index contributed by atoms with van der Waals surface area (Å²) in [6.07, 6.45) is 3.19. The molecule has 1 aliphatic heterocycles. The van der Waals surface area contributed by atoms with Gasteiger partial charge in [-0.2, -0.15) is 4.31 Å². The molecular weight excluding hydrogens is 356 g/mol. The Morgan fingerprint density at radius 2 is 1.80 bits per heavy atom. The highest BCUT2D eigenvalue weighted by Gasteiger charge is 2.39. The van der Waals surface area contributed by atoms with Crippen LogP contribution in [0.2, 0.25) is 0 Å². The van der Waals surface area contributed by atoms with E-state index >= 15 is 0 Å². The highest BCUT2D eigenvalue weighted by molar-refractivity contribution is 7.98. The molecule has 0 aromatic heterocycles. The second-order valence-electron chi connectivity index (χ2n) is 5.80. The predicted molar refractivity (Wildman–Crippen MR) is 100 cm³/mol. The highest BCUT2D eigenvalue weighted by atomic mass is 32.2. The van der Waals surface area contributed by atoms with Crippen molar-refractivity contribution in [3.8, 4) is 0 Å². The number of sulfonamides is 1. The molecule has 25 heavy (non-hydrogen) atoms. The summed E-state index contributed by atoms with van der Waals surface area (Å²) in [5.41, 5.74) is 0.673. The number of nitrogens with zero attached hydrogens (tertiary/aromatic N) is 1. The Morgan fingerprint density at radius 3 is 2.44 bits per heavy atom. The molecule has 2 aromatic rings. The average Bonchev–Trinajstić information content (AvgIpc) is 3.14. The first-order valence-corrected chi connectivity index (χ1v) is 10.7. The third-order valence-corrected chi connectivity index (χ3v) is 6.88. The number of rotatable bonds is 5. The van der Waals surface area contributed by atoms with Crippen molar-refractivity contribution >= 4 is 33.4 Å². The standard InChI is InChI=1S/C18H20N2O3S2/c1-24-15-11-9-14(10-12-15)19-18(21)17-8-5-13-20(17)25(22,23)16-6-3-2-4-7-16/h2-4,6-7,9-12,17H,5,8,13H2,1H3,(H,19,21)/t17-/m0/s1. The molecule has 1 heterocycles. The smallest absolute Gasteiger partial charge is 0.243 e. The van der Waals surface area contributed by atoms with Gasteiger partial charge in [-0.05, 0) is 55.5 Å². The van der Waals surface area contributed by atoms with Crippen molar-refractivity contribution in [3.05, 3.63) is 54.6 Å². The quantitative estimate of drug-likeness (QED) is 0.814. The number of anilines is 1. The summed E-state index contributed by atoms with van der Waals surface area (Å²) < 4.78 is 27.0. The second kappa shape index (κ2) is 7.59. The van der Waals surface area contributed by atoms with Crippen molar-refractivity contribution in [2.24, 2.45) is 0 Å². The zero-order valence-electron chi connectivity index (χ0n) is 13.9. The molecule has 1 saturated heterocycles. The largest absolute Gasteiger partial charge is 0.325 e. The minimum atomic E-state index is -3.67. The van der Waals surface area contributed by atoms with Gasteiger partial charge in [-0.3, -0.25) is 4.79 Å². The summed E-state index contributed by atoms with van der Waals surface area (Å²) in [7, 11) is -3.67. The fourth-order valence-electron chi connectivity index (χ4n) is 2.92. The predicted octanol–water partition coefficient (Wildman–Crippen LogP) is 3.20. The molecule has 0 radical (unpaired) electrons. The molecule has 0 saturated carbocycles. The molecule has 0 bridgehead atoms. The molecule has 1 N–H and O–H groups in total. The van der Waals surface area contributed by atoms with Crippen LogP contribution < -0.4 is 5.32 Å². The Kier molecular flexibility index (Phi) is 5.46. The van der Waals surface area contributed by atoms with E-state index in [2.05, 4.69) is 5.32 Å². The van der Waals surface area contributed by atoms with Crippen LogP contribution in [0.1, 0.15) is 12.8 Å². The summed E-state index contributed by atoms with van der Waals surface area (Å²) in [5, 5.41) is 2.83. The number of carbonyl (C=O) groups is 1. The van der Waals surface area contributed by atoms with Crippen molar-refractivity contribution < 1.29 is 13.2 Å². The number of hydrogen-bond acceptors (Lipinski definition) is 4. The van der Waals surface area contributed by atoms with Gasteiger partial charge >= 0.3 is 0 Å². The Balaban J connectivity index is 1.77. The van der Waals surface area contributed by atoms with E-state index in [0.717, 1.165) is 4.90 Å². The number of amides is 1. The number of thioether (sulfide) groups is 1. The first-order valence-electron chi connectivity index (χ1n) is 8.04. The summed E-state index contributed by atoms with van der Waals surface area (Å²) in [6.45, 7) is 0.362. The van der Waals surface area contributed by atoms with Crippen LogP contribution in [0.3, 0.4) is 0 Å². The molecule has 1 amide bonds. The van der Waals surface area contributed by atoms with Crippen LogP contribution >= 0.6 is 11.8 Å². The van der Waals surface area contributed by atoms with Crippen molar-refractivity contribution in [2.75, 3.05) is 18.1 Å². The molecule has 1 atom stereocenters. The molecule has 5 nitrogen and oxygen atoms in total. The van der Waals surface area contributed by atoms with Gasteiger partial charge in [0.05, 0.1) is 4.90 Å². The third-order valence-electron chi connectivity index (χ3n) is 4.21. The molecule has 2 aromatic carbocycles. The van der Waals surface area contributed by atoms with E-state index in [1.165, 1.54) is 4.31 Å². The fraction of sp³-hybridized carbons (Fsp3) is 0.278. The Bertz CT molecular complexity index is 836. The van der Waals surface area contributed by atoms with Gasteiger partial charge in [-0.1, -0.05) is 18.2 Å². The summed E-state index contributed by atoms with van der Waals surface area (Å²) in [4.78, 5) is 14.0. The lowest BCUT2D eigenvalue weighted by atomic mass is 10.2. The van der Waals surface area contributed by atoms with Gasteiger partial charge in [0, 0.05) is 17.1 Å². The van der Waals surface area contributed by atoms with Crippen LogP contribution in [0.25, 0.3) is 0 Å². The van der Waals surface area contributed by atoms with Gasteiger partial charge in [0.2, 0.25) is 15.9 Å². The third kappa shape index (κ3) is 3.89. The average molecular weight is 377 g/mol. The molecule has 7 heteroatoms. The van der Waals surface area contributed by atoms with Crippen LogP contribution in [0.4, 0.5) is 5.69 Å². The van der Waals surface area contributed by atoms with Crippen molar-refractivity contribution in [3.63, 3.8) is 0 Å². The molecule has 132 valence electrons. The molecule has 1 fully saturated rings. The summed E-state index contributed by atoms with van der Waals surface area (Å²) in [5.74, 6) is -0.283. The Morgan fingerprint density at radius 1 is 1.12 bits per heavy atom. The van der Waals surface area contributed by atoms with Crippen molar-refractivity contribution in [2.45, 2.75) is 28.7 Å². The van der Waals surface area contributed by atoms with Crippen LogP contribution in [-0.2, 0) is 14.8 Å². The maximum Gasteiger partial charge on any atom is 0.243 e. The zero-order valence-corrected chi connectivity index (χ0v) is 15.5. The van der Waals surface area contributed by atoms with Crippen LogP contribution in [0, 0.1) is 0 Å². The summed E-state index contributed by atoms with van der Waals surface area (Å²) in [6, 6.07) is 15.1. The lowest BCUT2D eigenvalue weighted by Crippen LogP contribution is -2.43. The topological polar surface area (TPSA) is 66.5 Å². The summed E-state index contributed by atoms with van der Waals surface area (Å²) >= 11 is 1.62. The van der Waals surface area contributed by atoms with Gasteiger partial charge in [0.1, 0.15) is 6.04 Å². The van der Waals surface area contributed by atoms with Gasteiger partial charge < -0.3 is 5.32 Å². The van der Waals surface area contributed by atoms with E-state index < -0.39 is 16.1 Å². The number of hydrogen-bond donors (Lipinski definition) is 1. The normalized spacial score (nSPS) is 18.2. The number of benzene rings is 2. The van der Waals surface area contributed by atoms with Crippen LogP contribution in [-0.4, -0.2) is 37.5 Å². The van der Waals surface area contributed by atoms with E-state index in [1.807, 2.05) is 30.5 Å². The van der Waals surface area contributed by atoms with Crippen LogP contribution in [0.15, 0.2) is 64.4 Å². The number of carbonyl (C=O) groups excluding carboxylic acids is 1. The monoisotopic (exact) mass is 376 g/mol. The zero-order chi connectivity index (χ0) is 17.9. The van der Waals surface area contributed by atoms with Crippen molar-refractivity contribution in [1.82, 2.24) is 4.31 Å². The van der Waals surface area contributed by atoms with E-state index in [9.17, 15) is 13.2 Å². The van der Waals surface area contributed by atoms with Gasteiger partial charge in [0.25, 0.3) is 0 Å². The SMILES string of the molecule is CSc1ccc(NC(=O)[C@@H]2CCCN2S(=O)(=O)c2ccccc2)cc1. The minimum Gasteiger partial charge on any atom is -0.325 e. The molecule has 3 rings (SSSR count). The first kappa shape index (κ1) is 18.0. The number of nitrogens with one attached hydrogen (secondary N) is 1. The van der Waals surface area contributed by atoms with Gasteiger partial charge in [-0.15, -0.1) is 11.8 Å². The van der Waals surface area contributed by atoms with E-state index in [0.29, 0.717) is 25.1 Å².